The molecular weight excluding hydrogens is 238 g/mol. The third kappa shape index (κ3) is 2.46. The molecule has 7 heteroatoms. The molecule has 1 atom stereocenters. The molecule has 3 N–H and O–H groups in total. The third-order valence-corrected chi connectivity index (χ3v) is 2.64. The molecule has 94 valence electrons. The number of nitrogens with zero attached hydrogens (tertiary/aromatic N) is 1. The summed E-state index contributed by atoms with van der Waals surface area (Å²) >= 11 is 0. The van der Waals surface area contributed by atoms with Crippen LogP contribution in [0, 0.1) is 17.1 Å². The first-order chi connectivity index (χ1) is 8.43. The van der Waals surface area contributed by atoms with Gasteiger partial charge in [0, 0.05) is 0 Å². The normalized spacial score (nSPS) is 16.9. The van der Waals surface area contributed by atoms with Gasteiger partial charge in [0.15, 0.2) is 11.6 Å². The van der Waals surface area contributed by atoms with Crippen molar-refractivity contribution < 1.29 is 18.8 Å². The zero-order chi connectivity index (χ0) is 13.3. The van der Waals surface area contributed by atoms with Crippen LogP contribution in [0.3, 0.4) is 0 Å². The summed E-state index contributed by atoms with van der Waals surface area (Å²) in [6, 6.07) is 4.47. The Morgan fingerprint density at radius 1 is 1.72 bits per heavy atom. The van der Waals surface area contributed by atoms with Crippen molar-refractivity contribution in [1.29, 1.82) is 5.26 Å². The Kier molecular flexibility index (Phi) is 3.26. The van der Waals surface area contributed by atoms with E-state index >= 15 is 0 Å². The Hall–Kier alpha value is -1.62. The van der Waals surface area contributed by atoms with Gasteiger partial charge in [0.25, 0.3) is 0 Å². The molecule has 5 nitrogen and oxygen atoms in total. The highest BCUT2D eigenvalue weighted by Crippen LogP contribution is 2.21. The molecular formula is C11H12BFN2O3. The Morgan fingerprint density at radius 3 is 3.11 bits per heavy atom. The number of rotatable bonds is 3. The molecule has 0 saturated heterocycles. The number of fused-ring (bicyclic) bond motifs is 1. The summed E-state index contributed by atoms with van der Waals surface area (Å²) in [5, 5.41) is 18.2. The molecule has 0 bridgehead atoms. The standard InChI is InChI=1S/C11H12BFN2O3/c1-11(15,5-14)6-17-10-3-8-7(2-9(10)13)4-18-12(8)16/h2-3,16H,4,6,15H2,1H3/t11-/m1/s1. The molecule has 0 fully saturated rings. The van der Waals surface area contributed by atoms with Crippen LogP contribution in [0.5, 0.6) is 5.75 Å². The second-order valence-electron chi connectivity index (χ2n) is 4.46. The lowest BCUT2D eigenvalue weighted by Crippen LogP contribution is -2.41. The fourth-order valence-corrected chi connectivity index (χ4v) is 1.59. The van der Waals surface area contributed by atoms with Gasteiger partial charge < -0.3 is 20.1 Å². The lowest BCUT2D eigenvalue weighted by molar-refractivity contribution is 0.254. The second-order valence-corrected chi connectivity index (χ2v) is 4.46. The summed E-state index contributed by atoms with van der Waals surface area (Å²) < 4.78 is 23.8. The molecule has 0 aliphatic carbocycles. The van der Waals surface area contributed by atoms with Crippen LogP contribution in [0.15, 0.2) is 12.1 Å². The predicted octanol–water partition coefficient (Wildman–Crippen LogP) is -0.337. The summed E-state index contributed by atoms with van der Waals surface area (Å²) in [6.45, 7) is 1.51. The topological polar surface area (TPSA) is 88.5 Å². The number of ether oxygens (including phenoxy) is 1. The molecule has 1 aliphatic heterocycles. The zero-order valence-electron chi connectivity index (χ0n) is 9.81. The smallest absolute Gasteiger partial charge is 0.488 e. The molecule has 0 aromatic heterocycles. The van der Waals surface area contributed by atoms with Crippen molar-refractivity contribution in [3.05, 3.63) is 23.5 Å². The summed E-state index contributed by atoms with van der Waals surface area (Å²) in [5.41, 5.74) is 5.44. The maximum absolute atomic E-state index is 13.7. The first kappa shape index (κ1) is 12.8. The van der Waals surface area contributed by atoms with E-state index in [1.54, 1.807) is 0 Å². The summed E-state index contributed by atoms with van der Waals surface area (Å²) in [6.07, 6.45) is 0. The van der Waals surface area contributed by atoms with Gasteiger partial charge in [-0.2, -0.15) is 5.26 Å². The van der Waals surface area contributed by atoms with Crippen LogP contribution in [-0.4, -0.2) is 24.3 Å². The van der Waals surface area contributed by atoms with Crippen molar-refractivity contribution in [3.8, 4) is 11.8 Å². The monoisotopic (exact) mass is 250 g/mol. The highest BCUT2D eigenvalue weighted by atomic mass is 19.1. The van der Waals surface area contributed by atoms with Gasteiger partial charge >= 0.3 is 7.12 Å². The van der Waals surface area contributed by atoms with Crippen LogP contribution in [0.4, 0.5) is 4.39 Å². The number of halogens is 1. The average Bonchev–Trinajstić information content (AvgIpc) is 2.68. The molecule has 1 aromatic rings. The van der Waals surface area contributed by atoms with Gasteiger partial charge in [0.05, 0.1) is 12.7 Å². The second kappa shape index (κ2) is 4.57. The van der Waals surface area contributed by atoms with Crippen molar-refractivity contribution >= 4 is 12.6 Å². The van der Waals surface area contributed by atoms with Gasteiger partial charge in [-0.05, 0) is 30.1 Å². The van der Waals surface area contributed by atoms with E-state index in [1.807, 2.05) is 6.07 Å². The quantitative estimate of drug-likeness (QED) is 0.716. The molecule has 1 heterocycles. The molecule has 0 unspecified atom stereocenters. The lowest BCUT2D eigenvalue weighted by atomic mass is 9.79. The van der Waals surface area contributed by atoms with E-state index in [2.05, 4.69) is 0 Å². The third-order valence-electron chi connectivity index (χ3n) is 2.64. The molecule has 0 radical (unpaired) electrons. The fourth-order valence-electron chi connectivity index (χ4n) is 1.59. The molecule has 1 aromatic carbocycles. The van der Waals surface area contributed by atoms with Crippen LogP contribution in [0.1, 0.15) is 12.5 Å². The van der Waals surface area contributed by atoms with Crippen LogP contribution in [-0.2, 0) is 11.3 Å². The SMILES string of the molecule is C[C@@](N)(C#N)COc1cc2c(cc1F)COB2O. The predicted molar refractivity (Wildman–Crippen MR) is 62.5 cm³/mol. The molecule has 0 amide bonds. The van der Waals surface area contributed by atoms with E-state index < -0.39 is 18.5 Å². The van der Waals surface area contributed by atoms with Gasteiger partial charge in [-0.1, -0.05) is 0 Å². The van der Waals surface area contributed by atoms with Gasteiger partial charge in [-0.3, -0.25) is 0 Å². The molecule has 0 spiro atoms. The van der Waals surface area contributed by atoms with E-state index in [0.29, 0.717) is 11.0 Å². The fraction of sp³-hybridized carbons (Fsp3) is 0.364. The van der Waals surface area contributed by atoms with Crippen LogP contribution < -0.4 is 15.9 Å². The molecule has 0 saturated carbocycles. The van der Waals surface area contributed by atoms with Crippen molar-refractivity contribution in [3.63, 3.8) is 0 Å². The maximum Gasteiger partial charge on any atom is 0.491 e. The van der Waals surface area contributed by atoms with Gasteiger partial charge in [0.2, 0.25) is 0 Å². The van der Waals surface area contributed by atoms with Crippen LogP contribution >= 0.6 is 0 Å². The Bertz CT molecular complexity index is 516. The minimum Gasteiger partial charge on any atom is -0.488 e. The highest BCUT2D eigenvalue weighted by Gasteiger charge is 2.29. The molecule has 2 rings (SSSR count). The largest absolute Gasteiger partial charge is 0.491 e. The Morgan fingerprint density at radius 2 is 2.44 bits per heavy atom. The lowest BCUT2D eigenvalue weighted by Gasteiger charge is -2.17. The number of nitriles is 1. The zero-order valence-corrected chi connectivity index (χ0v) is 9.81. The highest BCUT2D eigenvalue weighted by molar-refractivity contribution is 6.61. The van der Waals surface area contributed by atoms with Gasteiger partial charge in [-0.25, -0.2) is 4.39 Å². The van der Waals surface area contributed by atoms with Gasteiger partial charge in [0.1, 0.15) is 12.1 Å². The molecule has 1 aliphatic rings. The van der Waals surface area contributed by atoms with E-state index in [1.165, 1.54) is 19.1 Å². The average molecular weight is 250 g/mol. The van der Waals surface area contributed by atoms with Crippen LogP contribution in [0.2, 0.25) is 0 Å². The van der Waals surface area contributed by atoms with Crippen molar-refractivity contribution in [2.24, 2.45) is 5.73 Å². The van der Waals surface area contributed by atoms with Crippen molar-refractivity contribution in [2.75, 3.05) is 6.61 Å². The Balaban J connectivity index is 2.20. The van der Waals surface area contributed by atoms with E-state index in [9.17, 15) is 9.41 Å². The van der Waals surface area contributed by atoms with Crippen molar-refractivity contribution in [1.82, 2.24) is 0 Å². The number of hydrogen-bond acceptors (Lipinski definition) is 5. The number of hydrogen-bond donors (Lipinski definition) is 2. The number of nitrogens with two attached hydrogens (primary N) is 1. The first-order valence-electron chi connectivity index (χ1n) is 5.38. The van der Waals surface area contributed by atoms with E-state index in [-0.39, 0.29) is 19.0 Å². The van der Waals surface area contributed by atoms with E-state index in [4.69, 9.17) is 20.4 Å². The maximum atomic E-state index is 13.7. The summed E-state index contributed by atoms with van der Waals surface area (Å²) in [4.78, 5) is 0. The molecule has 18 heavy (non-hydrogen) atoms. The van der Waals surface area contributed by atoms with Crippen LogP contribution in [0.25, 0.3) is 0 Å². The Labute approximate surface area is 104 Å². The minimum atomic E-state index is -1.19. The minimum absolute atomic E-state index is 0.0507. The first-order valence-corrected chi connectivity index (χ1v) is 5.38. The summed E-state index contributed by atoms with van der Waals surface area (Å²) in [7, 11) is -1.07. The van der Waals surface area contributed by atoms with Crippen molar-refractivity contribution in [2.45, 2.75) is 19.1 Å². The van der Waals surface area contributed by atoms with E-state index in [0.717, 1.165) is 0 Å². The summed E-state index contributed by atoms with van der Waals surface area (Å²) in [5.74, 6) is -0.620. The number of benzene rings is 1. The van der Waals surface area contributed by atoms with Gasteiger partial charge in [-0.15, -0.1) is 0 Å².